The Hall–Kier alpha value is 3.22. The van der Waals surface area contributed by atoms with Crippen LogP contribution in [0.5, 0.6) is 0 Å². The van der Waals surface area contributed by atoms with E-state index in [9.17, 15) is 0 Å². The Labute approximate surface area is 215 Å². The first-order valence-electron chi connectivity index (χ1n) is 6.37. The van der Waals surface area contributed by atoms with E-state index in [2.05, 4.69) is 140 Å². The van der Waals surface area contributed by atoms with E-state index in [0.29, 0.717) is 0 Å². The molecule has 0 N–H and O–H groups in total. The molecule has 0 spiro atoms. The minimum absolute atomic E-state index is 1.05. The minimum atomic E-state index is -1.13. The van der Waals surface area contributed by atoms with Gasteiger partial charge in [0.05, 0.1) is 0 Å². The van der Waals surface area contributed by atoms with Gasteiger partial charge < -0.3 is 0 Å². The summed E-state index contributed by atoms with van der Waals surface area (Å²) in [7, 11) is 0. The van der Waals surface area contributed by atoms with Crippen LogP contribution in [0.1, 0.15) is 11.1 Å². The van der Waals surface area contributed by atoms with Crippen LogP contribution in [-0.4, -0.2) is 0 Å². The molecule has 0 heterocycles. The van der Waals surface area contributed by atoms with Crippen molar-refractivity contribution in [1.82, 2.24) is 0 Å². The van der Waals surface area contributed by atoms with Gasteiger partial charge in [-0.1, -0.05) is 0 Å². The van der Waals surface area contributed by atoms with Gasteiger partial charge in [-0.3, -0.25) is 0 Å². The Morgan fingerprint density at radius 3 is 1.22 bits per heavy atom. The van der Waals surface area contributed by atoms with E-state index in [1.54, 1.807) is 0 Å². The van der Waals surface area contributed by atoms with Crippen molar-refractivity contribution in [2.75, 3.05) is 0 Å². The second kappa shape index (κ2) is 10.1. The summed E-state index contributed by atoms with van der Waals surface area (Å²) in [4.78, 5) is 0. The molecule has 0 unspecified atom stereocenters. The van der Waals surface area contributed by atoms with Gasteiger partial charge >= 0.3 is 219 Å². The van der Waals surface area contributed by atoms with Gasteiger partial charge in [-0.05, 0) is 0 Å². The van der Waals surface area contributed by atoms with E-state index in [4.69, 9.17) is 0 Å². The van der Waals surface area contributed by atoms with E-state index in [0.717, 1.165) is 35.8 Å². The zero-order valence-electron chi connectivity index (χ0n) is 11.3. The molecule has 0 atom stereocenters. The van der Waals surface area contributed by atoms with Gasteiger partial charge in [0, 0.05) is 0 Å². The van der Waals surface area contributed by atoms with Gasteiger partial charge in [0.15, 0.2) is 0 Å². The van der Waals surface area contributed by atoms with Gasteiger partial charge in [0.25, 0.3) is 0 Å². The maximum absolute atomic E-state index is 3.71. The Morgan fingerprint density at radius 1 is 0.522 bits per heavy atom. The second-order valence-corrected chi connectivity index (χ2v) is 18.0. The van der Waals surface area contributed by atoms with Crippen LogP contribution in [0.4, 0.5) is 0 Å². The molecular formula is C14H6Br8Hg. The molecule has 0 bridgehead atoms. The molecule has 0 aliphatic heterocycles. The van der Waals surface area contributed by atoms with E-state index >= 15 is 0 Å². The van der Waals surface area contributed by atoms with Gasteiger partial charge in [0.1, 0.15) is 0 Å². The van der Waals surface area contributed by atoms with E-state index in [-0.39, 0.29) is 0 Å². The standard InChI is InChI=1S/2C7H3Br4.Hg/c2*1-3-4(8)2-5(9)7(11)6(3)10;/h2*2H,1H2;. The number of benzene rings is 2. The predicted octanol–water partition coefficient (Wildman–Crippen LogP) is 9.57. The monoisotopic (exact) mass is 1010 g/mol. The summed E-state index contributed by atoms with van der Waals surface area (Å²) in [6.45, 7) is 0. The molecule has 0 saturated heterocycles. The average molecular weight is 1010 g/mol. The second-order valence-electron chi connectivity index (χ2n) is 4.75. The molecule has 2 aromatic rings. The topological polar surface area (TPSA) is 0 Å². The van der Waals surface area contributed by atoms with Crippen molar-refractivity contribution in [2.45, 2.75) is 7.86 Å². The number of hydrogen-bond acceptors (Lipinski definition) is 0. The third-order valence-corrected chi connectivity index (χ3v) is 18.1. The zero-order chi connectivity index (χ0) is 17.3. The van der Waals surface area contributed by atoms with Crippen LogP contribution in [0.2, 0.25) is 0 Å². The van der Waals surface area contributed by atoms with Crippen LogP contribution in [-0.2, 0) is 32.4 Å². The van der Waals surface area contributed by atoms with Gasteiger partial charge in [-0.25, -0.2) is 0 Å². The number of hydrogen-bond donors (Lipinski definition) is 0. The number of rotatable bonds is 4. The molecule has 0 aliphatic carbocycles. The van der Waals surface area contributed by atoms with Crippen molar-refractivity contribution in [3.8, 4) is 0 Å². The fraction of sp³-hybridized carbons (Fsp3) is 0.143. The van der Waals surface area contributed by atoms with Crippen LogP contribution in [0.25, 0.3) is 0 Å². The molecule has 23 heavy (non-hydrogen) atoms. The van der Waals surface area contributed by atoms with E-state index in [1.807, 2.05) is 0 Å². The van der Waals surface area contributed by atoms with Crippen molar-refractivity contribution in [2.24, 2.45) is 0 Å². The Morgan fingerprint density at radius 2 is 0.870 bits per heavy atom. The molecule has 0 nitrogen and oxygen atoms in total. The van der Waals surface area contributed by atoms with Crippen molar-refractivity contribution in [3.05, 3.63) is 59.0 Å². The van der Waals surface area contributed by atoms with E-state index in [1.165, 1.54) is 19.0 Å². The summed E-state index contributed by atoms with van der Waals surface area (Å²) in [6, 6.07) is 4.22. The molecule has 0 saturated carbocycles. The summed E-state index contributed by atoms with van der Waals surface area (Å²) >= 11 is 28.0. The van der Waals surface area contributed by atoms with Crippen LogP contribution in [0, 0.1) is 0 Å². The normalized spacial score (nSPS) is 10.8. The molecule has 0 fully saturated rings. The molecule has 2 rings (SSSR count). The van der Waals surface area contributed by atoms with E-state index < -0.39 is 24.6 Å². The average Bonchev–Trinajstić information content (AvgIpc) is 2.49. The molecule has 0 radical (unpaired) electrons. The first-order chi connectivity index (χ1) is 10.7. The Bertz CT molecular complexity index is 696. The van der Waals surface area contributed by atoms with Crippen molar-refractivity contribution in [3.63, 3.8) is 0 Å². The quantitative estimate of drug-likeness (QED) is 0.163. The van der Waals surface area contributed by atoms with Gasteiger partial charge in [-0.2, -0.15) is 0 Å². The Balaban J connectivity index is 2.19. The molecule has 120 valence electrons. The number of halogens is 8. The summed E-state index contributed by atoms with van der Waals surface area (Å²) < 4.78 is 11.3. The SMILES string of the molecule is Brc1cc(Br)c([CH2][Hg][CH2]c2c(Br)cc(Br)c(Br)c2Br)c(Br)c1Br. The summed E-state index contributed by atoms with van der Waals surface area (Å²) in [5, 5.41) is 0. The summed E-state index contributed by atoms with van der Waals surface area (Å²) in [5.41, 5.74) is 2.73. The molecule has 2 aromatic carbocycles. The van der Waals surface area contributed by atoms with Crippen molar-refractivity contribution < 1.29 is 24.6 Å². The molecule has 0 aliphatic rings. The maximum atomic E-state index is 3.71. The molecular weight excluding hydrogens is 1010 g/mol. The fourth-order valence-corrected chi connectivity index (χ4v) is 21.0. The van der Waals surface area contributed by atoms with Gasteiger partial charge in [0.2, 0.25) is 0 Å². The first kappa shape index (κ1) is 22.5. The molecule has 0 aromatic heterocycles. The summed E-state index contributed by atoms with van der Waals surface area (Å²) in [6.07, 6.45) is 0. The first-order valence-corrected chi connectivity index (χ1v) is 20.5. The van der Waals surface area contributed by atoms with Crippen LogP contribution < -0.4 is 0 Å². The van der Waals surface area contributed by atoms with Crippen molar-refractivity contribution >= 4 is 127 Å². The van der Waals surface area contributed by atoms with Crippen LogP contribution >= 0.6 is 127 Å². The Kier molecular flexibility index (Phi) is 9.91. The fourth-order valence-electron chi connectivity index (χ4n) is 2.11. The van der Waals surface area contributed by atoms with Crippen molar-refractivity contribution in [1.29, 1.82) is 0 Å². The summed E-state index contributed by atoms with van der Waals surface area (Å²) in [5.74, 6) is 0. The molecule has 9 heteroatoms. The predicted molar refractivity (Wildman–Crippen MR) is 122 cm³/mol. The third kappa shape index (κ3) is 5.61. The van der Waals surface area contributed by atoms with Gasteiger partial charge in [-0.15, -0.1) is 0 Å². The van der Waals surface area contributed by atoms with Crippen LogP contribution in [0.15, 0.2) is 47.9 Å². The third-order valence-electron chi connectivity index (χ3n) is 3.27. The molecule has 0 amide bonds. The zero-order valence-corrected chi connectivity index (χ0v) is 29.5. The van der Waals surface area contributed by atoms with Crippen LogP contribution in [0.3, 0.4) is 0 Å².